The maximum atomic E-state index is 11.9. The lowest BCUT2D eigenvalue weighted by atomic mass is 10.1. The van der Waals surface area contributed by atoms with Gasteiger partial charge in [0, 0.05) is 0 Å². The SMILES string of the molecule is CCCCCCCCCCCCOC(=O)CNC(=S)C(=S)NCC(=O)OCCCCCCCCCCCC. The van der Waals surface area contributed by atoms with Gasteiger partial charge in [-0.1, -0.05) is 154 Å². The quantitative estimate of drug-likeness (QED) is 0.0619. The Morgan fingerprint density at radius 3 is 1.03 bits per heavy atom. The highest BCUT2D eigenvalue weighted by Gasteiger charge is 2.10. The number of nitrogens with one attached hydrogen (secondary N) is 2. The average molecular weight is 573 g/mol. The van der Waals surface area contributed by atoms with Crippen LogP contribution in [0.3, 0.4) is 0 Å². The molecule has 0 rings (SSSR count). The maximum absolute atomic E-state index is 11.9. The monoisotopic (exact) mass is 572 g/mol. The highest BCUT2D eigenvalue weighted by Crippen LogP contribution is 2.11. The van der Waals surface area contributed by atoms with Gasteiger partial charge in [-0.2, -0.15) is 0 Å². The van der Waals surface area contributed by atoms with E-state index in [2.05, 4.69) is 24.5 Å². The first-order chi connectivity index (χ1) is 18.5. The van der Waals surface area contributed by atoms with Crippen LogP contribution in [0.5, 0.6) is 0 Å². The minimum atomic E-state index is -0.359. The Morgan fingerprint density at radius 1 is 0.474 bits per heavy atom. The van der Waals surface area contributed by atoms with Gasteiger partial charge in [-0.3, -0.25) is 9.59 Å². The number of rotatable bonds is 26. The molecule has 2 N–H and O–H groups in total. The van der Waals surface area contributed by atoms with Crippen LogP contribution in [0.15, 0.2) is 0 Å². The Labute approximate surface area is 244 Å². The standard InChI is InChI=1S/C30H56N2O4S2/c1-3-5-7-9-11-13-15-17-19-21-23-35-27(33)25-31-29(37)30(38)32-26-28(34)36-24-22-20-18-16-14-12-10-8-6-4-2/h3-26H2,1-2H3,(H,31,37)(H,32,38). The summed E-state index contributed by atoms with van der Waals surface area (Å²) in [7, 11) is 0. The van der Waals surface area contributed by atoms with E-state index < -0.39 is 0 Å². The second-order valence-corrected chi connectivity index (χ2v) is 11.0. The van der Waals surface area contributed by atoms with E-state index in [1.807, 2.05) is 0 Å². The Balaban J connectivity index is 3.57. The van der Waals surface area contributed by atoms with Crippen LogP contribution in [0.4, 0.5) is 0 Å². The molecule has 0 aliphatic heterocycles. The third kappa shape index (κ3) is 26.3. The second kappa shape index (κ2) is 28.7. The molecule has 38 heavy (non-hydrogen) atoms. The highest BCUT2D eigenvalue weighted by molar-refractivity contribution is 7.89. The van der Waals surface area contributed by atoms with Gasteiger partial charge in [0.15, 0.2) is 0 Å². The summed E-state index contributed by atoms with van der Waals surface area (Å²) in [5, 5.41) is 5.57. The van der Waals surface area contributed by atoms with Crippen LogP contribution in [-0.2, 0) is 19.1 Å². The van der Waals surface area contributed by atoms with Crippen molar-refractivity contribution in [2.24, 2.45) is 0 Å². The fourth-order valence-electron chi connectivity index (χ4n) is 4.12. The summed E-state index contributed by atoms with van der Waals surface area (Å²) in [6.45, 7) is 5.26. The number of thiocarbonyl (C=S) groups is 2. The first-order valence-corrected chi connectivity index (χ1v) is 16.2. The molecule has 0 saturated heterocycles. The van der Waals surface area contributed by atoms with E-state index in [1.165, 1.54) is 103 Å². The van der Waals surface area contributed by atoms with E-state index in [0.717, 1.165) is 25.7 Å². The number of esters is 2. The van der Waals surface area contributed by atoms with Crippen LogP contribution in [-0.4, -0.2) is 48.2 Å². The molecule has 0 spiro atoms. The largest absolute Gasteiger partial charge is 0.464 e. The summed E-state index contributed by atoms with van der Waals surface area (Å²) in [6.07, 6.45) is 24.8. The molecule has 0 aliphatic rings. The third-order valence-electron chi connectivity index (χ3n) is 6.51. The molecule has 0 aromatic rings. The zero-order valence-electron chi connectivity index (χ0n) is 24.4. The Kier molecular flexibility index (Phi) is 27.8. The molecule has 0 amide bonds. The molecule has 0 heterocycles. The summed E-state index contributed by atoms with van der Waals surface area (Å²) in [4.78, 5) is 24.2. The van der Waals surface area contributed by atoms with E-state index >= 15 is 0 Å². The van der Waals surface area contributed by atoms with Crippen LogP contribution >= 0.6 is 24.4 Å². The van der Waals surface area contributed by atoms with Crippen molar-refractivity contribution < 1.29 is 19.1 Å². The molecule has 8 heteroatoms. The van der Waals surface area contributed by atoms with Crippen LogP contribution in [0.2, 0.25) is 0 Å². The van der Waals surface area contributed by atoms with Crippen molar-refractivity contribution in [2.75, 3.05) is 26.3 Å². The fourth-order valence-corrected chi connectivity index (χ4v) is 4.41. The number of carbonyl (C=O) groups excluding carboxylic acids is 2. The van der Waals surface area contributed by atoms with Gasteiger partial charge in [-0.15, -0.1) is 0 Å². The summed E-state index contributed by atoms with van der Waals surface area (Å²) >= 11 is 10.4. The summed E-state index contributed by atoms with van der Waals surface area (Å²) < 4.78 is 10.5. The van der Waals surface area contributed by atoms with E-state index in [-0.39, 0.29) is 35.0 Å². The van der Waals surface area contributed by atoms with Gasteiger partial charge in [-0.05, 0) is 12.8 Å². The zero-order chi connectivity index (χ0) is 28.1. The molecule has 0 fully saturated rings. The van der Waals surface area contributed by atoms with Gasteiger partial charge < -0.3 is 20.1 Å². The minimum Gasteiger partial charge on any atom is -0.464 e. The van der Waals surface area contributed by atoms with Gasteiger partial charge in [0.05, 0.1) is 13.2 Å². The summed E-state index contributed by atoms with van der Waals surface area (Å²) in [5.41, 5.74) is 0. The lowest BCUT2D eigenvalue weighted by molar-refractivity contribution is -0.143. The molecule has 0 radical (unpaired) electrons. The van der Waals surface area contributed by atoms with Crippen molar-refractivity contribution in [3.63, 3.8) is 0 Å². The van der Waals surface area contributed by atoms with E-state index in [9.17, 15) is 9.59 Å². The van der Waals surface area contributed by atoms with Crippen molar-refractivity contribution in [2.45, 2.75) is 142 Å². The molecule has 222 valence electrons. The normalized spacial score (nSPS) is 10.7. The average Bonchev–Trinajstić information content (AvgIpc) is 2.91. The van der Waals surface area contributed by atoms with E-state index in [1.54, 1.807) is 0 Å². The zero-order valence-corrected chi connectivity index (χ0v) is 26.1. The number of hydrogen-bond donors (Lipinski definition) is 2. The Morgan fingerprint density at radius 2 is 0.737 bits per heavy atom. The number of unbranched alkanes of at least 4 members (excludes halogenated alkanes) is 18. The van der Waals surface area contributed by atoms with Gasteiger partial charge >= 0.3 is 11.9 Å². The smallest absolute Gasteiger partial charge is 0.325 e. The number of carbonyl (C=O) groups is 2. The van der Waals surface area contributed by atoms with Crippen LogP contribution < -0.4 is 10.6 Å². The number of hydrogen-bond acceptors (Lipinski definition) is 6. The summed E-state index contributed by atoms with van der Waals surface area (Å²) in [6, 6.07) is 0. The molecule has 0 aromatic carbocycles. The maximum Gasteiger partial charge on any atom is 0.325 e. The summed E-state index contributed by atoms with van der Waals surface area (Å²) in [5.74, 6) is -0.719. The predicted octanol–water partition coefficient (Wildman–Crippen LogP) is 7.75. The molecule has 6 nitrogen and oxygen atoms in total. The lowest BCUT2D eigenvalue weighted by Gasteiger charge is -2.11. The topological polar surface area (TPSA) is 76.7 Å². The van der Waals surface area contributed by atoms with E-state index in [0.29, 0.717) is 13.2 Å². The molecule has 0 aliphatic carbocycles. The van der Waals surface area contributed by atoms with Gasteiger partial charge in [0.25, 0.3) is 0 Å². The molecule has 0 saturated carbocycles. The van der Waals surface area contributed by atoms with Crippen LogP contribution in [0.1, 0.15) is 142 Å². The molecular weight excluding hydrogens is 516 g/mol. The van der Waals surface area contributed by atoms with Crippen molar-refractivity contribution in [1.82, 2.24) is 10.6 Å². The Bertz CT molecular complexity index is 565. The first-order valence-electron chi connectivity index (χ1n) is 15.4. The molecular formula is C30H56N2O4S2. The Hall–Kier alpha value is -1.28. The minimum absolute atomic E-state index is 0.0401. The van der Waals surface area contributed by atoms with Crippen molar-refractivity contribution in [1.29, 1.82) is 0 Å². The van der Waals surface area contributed by atoms with Gasteiger partial charge in [0.2, 0.25) is 0 Å². The first kappa shape index (κ1) is 36.7. The van der Waals surface area contributed by atoms with Gasteiger partial charge in [-0.25, -0.2) is 0 Å². The van der Waals surface area contributed by atoms with Crippen molar-refractivity contribution in [3.8, 4) is 0 Å². The second-order valence-electron chi connectivity index (χ2n) is 10.2. The van der Waals surface area contributed by atoms with Crippen molar-refractivity contribution >= 4 is 46.4 Å². The van der Waals surface area contributed by atoms with E-state index in [4.69, 9.17) is 33.9 Å². The van der Waals surface area contributed by atoms with Crippen LogP contribution in [0.25, 0.3) is 0 Å². The van der Waals surface area contributed by atoms with Crippen LogP contribution in [0, 0.1) is 0 Å². The lowest BCUT2D eigenvalue weighted by Crippen LogP contribution is -2.41. The molecule has 0 bridgehead atoms. The predicted molar refractivity (Wildman–Crippen MR) is 167 cm³/mol. The fraction of sp³-hybridized carbons (Fsp3) is 0.867. The number of ether oxygens (including phenoxy) is 2. The third-order valence-corrected chi connectivity index (χ3v) is 7.34. The molecule has 0 atom stereocenters. The van der Waals surface area contributed by atoms with Gasteiger partial charge in [0.1, 0.15) is 23.1 Å². The highest BCUT2D eigenvalue weighted by atomic mass is 32.1. The molecule has 0 aromatic heterocycles. The van der Waals surface area contributed by atoms with Crippen molar-refractivity contribution in [3.05, 3.63) is 0 Å². The molecule has 0 unspecified atom stereocenters.